The number of hydrogen-bond donors (Lipinski definition) is 3. The summed E-state index contributed by atoms with van der Waals surface area (Å²) in [5.74, 6) is -0.963. The molecule has 0 amide bonds. The highest BCUT2D eigenvalue weighted by atomic mass is 16.5. The standard InChI is InChI=1S/C14H20N2O3/c1-14(4-6-19-7-5-14)9-16-12-3-2-10(13(17)18)8-11(12)15/h2-3,8,16H,4-7,9,15H2,1H3,(H,17,18). The Morgan fingerprint density at radius 3 is 2.74 bits per heavy atom. The molecular weight excluding hydrogens is 244 g/mol. The minimum Gasteiger partial charge on any atom is -0.478 e. The Morgan fingerprint density at radius 2 is 2.16 bits per heavy atom. The zero-order valence-electron chi connectivity index (χ0n) is 11.1. The topological polar surface area (TPSA) is 84.6 Å². The van der Waals surface area contributed by atoms with Gasteiger partial charge in [-0.05, 0) is 36.5 Å². The second-order valence-corrected chi connectivity index (χ2v) is 5.38. The van der Waals surface area contributed by atoms with Gasteiger partial charge in [0.1, 0.15) is 0 Å². The van der Waals surface area contributed by atoms with E-state index < -0.39 is 5.97 Å². The summed E-state index contributed by atoms with van der Waals surface area (Å²) >= 11 is 0. The molecule has 0 aromatic heterocycles. The molecule has 1 saturated heterocycles. The number of nitrogens with two attached hydrogens (primary N) is 1. The number of benzene rings is 1. The van der Waals surface area contributed by atoms with Gasteiger partial charge in [-0.2, -0.15) is 0 Å². The number of aromatic carboxylic acids is 1. The maximum Gasteiger partial charge on any atom is 0.335 e. The first-order valence-corrected chi connectivity index (χ1v) is 6.45. The third-order valence-electron chi connectivity index (χ3n) is 3.70. The summed E-state index contributed by atoms with van der Waals surface area (Å²) in [4.78, 5) is 10.8. The lowest BCUT2D eigenvalue weighted by Gasteiger charge is -2.34. The van der Waals surface area contributed by atoms with Crippen LogP contribution in [0.4, 0.5) is 11.4 Å². The van der Waals surface area contributed by atoms with Crippen molar-refractivity contribution in [3.63, 3.8) is 0 Å². The minimum absolute atomic E-state index is 0.205. The van der Waals surface area contributed by atoms with E-state index in [1.165, 1.54) is 6.07 Å². The predicted octanol–water partition coefficient (Wildman–Crippen LogP) is 2.20. The molecule has 19 heavy (non-hydrogen) atoms. The van der Waals surface area contributed by atoms with Crippen LogP contribution < -0.4 is 11.1 Å². The quantitative estimate of drug-likeness (QED) is 0.726. The van der Waals surface area contributed by atoms with E-state index in [9.17, 15) is 4.79 Å². The van der Waals surface area contributed by atoms with Crippen molar-refractivity contribution < 1.29 is 14.6 Å². The molecular formula is C14H20N2O3. The van der Waals surface area contributed by atoms with Gasteiger partial charge < -0.3 is 20.9 Å². The summed E-state index contributed by atoms with van der Waals surface area (Å²) in [5, 5.41) is 12.2. The van der Waals surface area contributed by atoms with E-state index >= 15 is 0 Å². The first kappa shape index (κ1) is 13.7. The van der Waals surface area contributed by atoms with Gasteiger partial charge in [0.15, 0.2) is 0 Å². The van der Waals surface area contributed by atoms with Crippen LogP contribution in [0.1, 0.15) is 30.1 Å². The van der Waals surface area contributed by atoms with Crippen LogP contribution in [0.25, 0.3) is 0 Å². The van der Waals surface area contributed by atoms with E-state index in [1.54, 1.807) is 12.1 Å². The smallest absolute Gasteiger partial charge is 0.335 e. The van der Waals surface area contributed by atoms with Crippen molar-refractivity contribution in [2.24, 2.45) is 5.41 Å². The van der Waals surface area contributed by atoms with E-state index in [0.717, 1.165) is 38.3 Å². The molecule has 1 aromatic rings. The normalized spacial score (nSPS) is 17.9. The lowest BCUT2D eigenvalue weighted by molar-refractivity contribution is 0.0300. The highest BCUT2D eigenvalue weighted by Crippen LogP contribution is 2.31. The molecule has 0 radical (unpaired) electrons. The first-order chi connectivity index (χ1) is 9.00. The van der Waals surface area contributed by atoms with Gasteiger partial charge in [0.2, 0.25) is 0 Å². The lowest BCUT2D eigenvalue weighted by Crippen LogP contribution is -2.33. The van der Waals surface area contributed by atoms with Gasteiger partial charge in [0.05, 0.1) is 16.9 Å². The summed E-state index contributed by atoms with van der Waals surface area (Å²) in [7, 11) is 0. The molecule has 0 bridgehead atoms. The number of anilines is 2. The molecule has 2 rings (SSSR count). The van der Waals surface area contributed by atoms with Crippen LogP contribution in [-0.4, -0.2) is 30.8 Å². The van der Waals surface area contributed by atoms with Crippen molar-refractivity contribution in [3.05, 3.63) is 23.8 Å². The van der Waals surface area contributed by atoms with Crippen LogP contribution in [0, 0.1) is 5.41 Å². The third-order valence-corrected chi connectivity index (χ3v) is 3.70. The predicted molar refractivity (Wildman–Crippen MR) is 74.5 cm³/mol. The van der Waals surface area contributed by atoms with Crippen LogP contribution in [0.5, 0.6) is 0 Å². The molecule has 0 atom stereocenters. The lowest BCUT2D eigenvalue weighted by atomic mass is 9.82. The molecule has 0 aliphatic carbocycles. The molecule has 1 aromatic carbocycles. The van der Waals surface area contributed by atoms with Gasteiger partial charge in [0, 0.05) is 19.8 Å². The summed E-state index contributed by atoms with van der Waals surface area (Å²) in [5.41, 5.74) is 7.54. The second kappa shape index (κ2) is 5.48. The largest absolute Gasteiger partial charge is 0.478 e. The van der Waals surface area contributed by atoms with Crippen molar-refractivity contribution in [2.75, 3.05) is 30.8 Å². The molecule has 1 fully saturated rings. The molecule has 5 heteroatoms. The van der Waals surface area contributed by atoms with E-state index in [0.29, 0.717) is 5.69 Å². The highest BCUT2D eigenvalue weighted by molar-refractivity contribution is 5.90. The zero-order chi connectivity index (χ0) is 13.9. The van der Waals surface area contributed by atoms with Gasteiger partial charge in [-0.15, -0.1) is 0 Å². The number of ether oxygens (including phenoxy) is 1. The number of rotatable bonds is 4. The van der Waals surface area contributed by atoms with Gasteiger partial charge in [-0.1, -0.05) is 6.92 Å². The van der Waals surface area contributed by atoms with E-state index in [-0.39, 0.29) is 11.0 Å². The molecule has 1 aliphatic rings. The van der Waals surface area contributed by atoms with Gasteiger partial charge in [-0.25, -0.2) is 4.79 Å². The molecule has 0 spiro atoms. The maximum atomic E-state index is 10.8. The third kappa shape index (κ3) is 3.38. The SMILES string of the molecule is CC1(CNc2ccc(C(=O)O)cc2N)CCOCC1. The summed E-state index contributed by atoms with van der Waals surface area (Å²) in [6.07, 6.45) is 2.04. The van der Waals surface area contributed by atoms with Crippen molar-refractivity contribution in [1.82, 2.24) is 0 Å². The fourth-order valence-corrected chi connectivity index (χ4v) is 2.21. The number of carboxylic acids is 1. The average Bonchev–Trinajstić information content (AvgIpc) is 2.38. The fraction of sp³-hybridized carbons (Fsp3) is 0.500. The monoisotopic (exact) mass is 264 g/mol. The highest BCUT2D eigenvalue weighted by Gasteiger charge is 2.27. The fourth-order valence-electron chi connectivity index (χ4n) is 2.21. The van der Waals surface area contributed by atoms with Gasteiger partial charge in [0.25, 0.3) is 0 Å². The number of nitrogen functional groups attached to an aromatic ring is 1. The van der Waals surface area contributed by atoms with Gasteiger partial charge in [-0.3, -0.25) is 0 Å². The molecule has 4 N–H and O–H groups in total. The Labute approximate surface area is 112 Å². The molecule has 5 nitrogen and oxygen atoms in total. The van der Waals surface area contributed by atoms with E-state index in [1.807, 2.05) is 0 Å². The summed E-state index contributed by atoms with van der Waals surface area (Å²) in [6, 6.07) is 4.77. The van der Waals surface area contributed by atoms with Crippen molar-refractivity contribution >= 4 is 17.3 Å². The number of carboxylic acid groups (broad SMARTS) is 1. The van der Waals surface area contributed by atoms with Crippen LogP contribution in [0.2, 0.25) is 0 Å². The Bertz CT molecular complexity index is 468. The first-order valence-electron chi connectivity index (χ1n) is 6.45. The molecule has 1 aliphatic heterocycles. The van der Waals surface area contributed by atoms with E-state index in [4.69, 9.17) is 15.6 Å². The van der Waals surface area contributed by atoms with E-state index in [2.05, 4.69) is 12.2 Å². The molecule has 0 unspecified atom stereocenters. The van der Waals surface area contributed by atoms with Crippen LogP contribution in [0.15, 0.2) is 18.2 Å². The Kier molecular flexibility index (Phi) is 3.95. The van der Waals surface area contributed by atoms with Crippen molar-refractivity contribution in [3.8, 4) is 0 Å². The number of carbonyl (C=O) groups is 1. The van der Waals surface area contributed by atoms with Gasteiger partial charge >= 0.3 is 5.97 Å². The number of nitrogens with one attached hydrogen (secondary N) is 1. The van der Waals surface area contributed by atoms with Crippen molar-refractivity contribution in [1.29, 1.82) is 0 Å². The van der Waals surface area contributed by atoms with Crippen molar-refractivity contribution in [2.45, 2.75) is 19.8 Å². The van der Waals surface area contributed by atoms with Crippen LogP contribution in [-0.2, 0) is 4.74 Å². The Morgan fingerprint density at radius 1 is 1.47 bits per heavy atom. The average molecular weight is 264 g/mol. The summed E-state index contributed by atoms with van der Waals surface area (Å²) < 4.78 is 5.37. The number of hydrogen-bond acceptors (Lipinski definition) is 4. The molecule has 1 heterocycles. The minimum atomic E-state index is -0.963. The maximum absolute atomic E-state index is 10.8. The van der Waals surface area contributed by atoms with Crippen LogP contribution in [0.3, 0.4) is 0 Å². The van der Waals surface area contributed by atoms with Crippen LogP contribution >= 0.6 is 0 Å². The summed E-state index contributed by atoms with van der Waals surface area (Å²) in [6.45, 7) is 4.63. The second-order valence-electron chi connectivity index (χ2n) is 5.38. The Balaban J connectivity index is 2.01. The Hall–Kier alpha value is -1.75. The zero-order valence-corrected chi connectivity index (χ0v) is 11.1. The molecule has 104 valence electrons. The molecule has 0 saturated carbocycles.